The maximum atomic E-state index is 11.8. The standard InChI is InChI=1S/C20H18N4O3S2/c1-28(25)16-8-6-14(7-9-16)18-13-21-20-11-10-19(23-24(18)20)22-15-4-3-5-17(12-15)29(2,26)27/h3-13H,1-2H3,(H,22,23). The van der Waals surface area contributed by atoms with Crippen LogP contribution in [0, 0.1) is 0 Å². The largest absolute Gasteiger partial charge is 0.339 e. The number of imidazole rings is 1. The van der Waals surface area contributed by atoms with E-state index in [-0.39, 0.29) is 4.90 Å². The Balaban J connectivity index is 1.69. The second kappa shape index (κ2) is 7.41. The van der Waals surface area contributed by atoms with Crippen LogP contribution in [-0.4, -0.2) is 39.7 Å². The lowest BCUT2D eigenvalue weighted by Crippen LogP contribution is -2.02. The molecule has 0 aliphatic rings. The molecule has 0 amide bonds. The molecular formula is C20H18N4O3S2. The molecule has 0 spiro atoms. The first-order valence-electron chi connectivity index (χ1n) is 8.67. The summed E-state index contributed by atoms with van der Waals surface area (Å²) >= 11 is 0. The van der Waals surface area contributed by atoms with Crippen molar-refractivity contribution in [3.63, 3.8) is 0 Å². The van der Waals surface area contributed by atoms with Crippen LogP contribution in [0.1, 0.15) is 0 Å². The van der Waals surface area contributed by atoms with Gasteiger partial charge in [0.05, 0.1) is 16.8 Å². The molecule has 1 atom stereocenters. The minimum atomic E-state index is -3.29. The predicted molar refractivity (Wildman–Crippen MR) is 114 cm³/mol. The lowest BCUT2D eigenvalue weighted by molar-refractivity contribution is 0.602. The maximum absolute atomic E-state index is 11.8. The van der Waals surface area contributed by atoms with Gasteiger partial charge in [0.15, 0.2) is 21.3 Å². The van der Waals surface area contributed by atoms with Crippen LogP contribution in [0.25, 0.3) is 16.9 Å². The molecule has 7 nitrogen and oxygen atoms in total. The van der Waals surface area contributed by atoms with E-state index in [0.717, 1.165) is 16.2 Å². The molecule has 0 saturated carbocycles. The van der Waals surface area contributed by atoms with Crippen LogP contribution < -0.4 is 5.32 Å². The molecule has 4 aromatic rings. The van der Waals surface area contributed by atoms with Gasteiger partial charge in [-0.2, -0.15) is 0 Å². The van der Waals surface area contributed by atoms with Gasteiger partial charge in [0, 0.05) is 39.5 Å². The molecule has 0 saturated heterocycles. The molecule has 148 valence electrons. The summed E-state index contributed by atoms with van der Waals surface area (Å²) < 4.78 is 36.8. The first kappa shape index (κ1) is 19.3. The van der Waals surface area contributed by atoms with Crippen molar-refractivity contribution in [2.75, 3.05) is 17.8 Å². The summed E-state index contributed by atoms with van der Waals surface area (Å²) in [6.45, 7) is 0. The number of aromatic nitrogens is 3. The first-order chi connectivity index (χ1) is 13.8. The van der Waals surface area contributed by atoms with Crippen molar-refractivity contribution >= 4 is 37.8 Å². The Hall–Kier alpha value is -3.04. The number of sulfone groups is 1. The van der Waals surface area contributed by atoms with Crippen LogP contribution in [0.2, 0.25) is 0 Å². The zero-order valence-corrected chi connectivity index (χ0v) is 17.4. The topological polar surface area (TPSA) is 93.4 Å². The Morgan fingerprint density at radius 2 is 1.79 bits per heavy atom. The highest BCUT2D eigenvalue weighted by Gasteiger charge is 2.10. The van der Waals surface area contributed by atoms with E-state index in [1.165, 1.54) is 6.26 Å². The first-order valence-corrected chi connectivity index (χ1v) is 12.1. The number of anilines is 2. The van der Waals surface area contributed by atoms with E-state index < -0.39 is 20.6 Å². The summed E-state index contributed by atoms with van der Waals surface area (Å²) in [6, 6.07) is 17.6. The summed E-state index contributed by atoms with van der Waals surface area (Å²) in [7, 11) is -4.33. The molecule has 0 aliphatic heterocycles. The Labute approximate surface area is 170 Å². The number of nitrogens with one attached hydrogen (secondary N) is 1. The number of nitrogens with zero attached hydrogens (tertiary/aromatic N) is 3. The highest BCUT2D eigenvalue weighted by molar-refractivity contribution is 7.90. The zero-order chi connectivity index (χ0) is 20.6. The van der Waals surface area contributed by atoms with Gasteiger partial charge in [0.1, 0.15) is 0 Å². The quantitative estimate of drug-likeness (QED) is 0.526. The Morgan fingerprint density at radius 3 is 2.48 bits per heavy atom. The van der Waals surface area contributed by atoms with Crippen LogP contribution in [-0.2, 0) is 20.6 Å². The Kier molecular flexibility index (Phi) is 4.93. The van der Waals surface area contributed by atoms with Gasteiger partial charge in [-0.15, -0.1) is 5.10 Å². The van der Waals surface area contributed by atoms with Crippen molar-refractivity contribution in [3.8, 4) is 11.3 Å². The number of hydrogen-bond acceptors (Lipinski definition) is 6. The van der Waals surface area contributed by atoms with Gasteiger partial charge in [0.25, 0.3) is 0 Å². The van der Waals surface area contributed by atoms with Crippen LogP contribution >= 0.6 is 0 Å². The molecule has 2 aromatic carbocycles. The molecule has 2 aromatic heterocycles. The molecule has 2 heterocycles. The molecular weight excluding hydrogens is 408 g/mol. The van der Waals surface area contributed by atoms with Gasteiger partial charge < -0.3 is 5.32 Å². The van der Waals surface area contributed by atoms with E-state index in [4.69, 9.17) is 0 Å². The minimum Gasteiger partial charge on any atom is -0.339 e. The van der Waals surface area contributed by atoms with Crippen LogP contribution in [0.5, 0.6) is 0 Å². The van der Waals surface area contributed by atoms with E-state index in [2.05, 4.69) is 15.4 Å². The third-order valence-corrected chi connectivity index (χ3v) is 6.43. The minimum absolute atomic E-state index is 0.236. The molecule has 29 heavy (non-hydrogen) atoms. The Morgan fingerprint density at radius 1 is 1.03 bits per heavy atom. The number of fused-ring (bicyclic) bond motifs is 1. The van der Waals surface area contributed by atoms with Crippen molar-refractivity contribution in [1.29, 1.82) is 0 Å². The number of hydrogen-bond donors (Lipinski definition) is 1. The molecule has 0 aliphatic carbocycles. The van der Waals surface area contributed by atoms with Crippen LogP contribution in [0.3, 0.4) is 0 Å². The zero-order valence-electron chi connectivity index (χ0n) is 15.7. The van der Waals surface area contributed by atoms with Crippen LogP contribution in [0.15, 0.2) is 76.7 Å². The summed E-state index contributed by atoms with van der Waals surface area (Å²) in [4.78, 5) is 5.37. The third-order valence-electron chi connectivity index (χ3n) is 4.38. The fraction of sp³-hybridized carbons (Fsp3) is 0.100. The molecule has 1 unspecified atom stereocenters. The van der Waals surface area contributed by atoms with Gasteiger partial charge in [0.2, 0.25) is 0 Å². The molecule has 0 fully saturated rings. The summed E-state index contributed by atoms with van der Waals surface area (Å²) in [5.41, 5.74) is 2.99. The van der Waals surface area contributed by atoms with Crippen molar-refractivity contribution < 1.29 is 12.6 Å². The smallest absolute Gasteiger partial charge is 0.175 e. The third kappa shape index (κ3) is 4.06. The molecule has 9 heteroatoms. The summed E-state index contributed by atoms with van der Waals surface area (Å²) in [5, 5.41) is 7.73. The summed E-state index contributed by atoms with van der Waals surface area (Å²) in [6.07, 6.45) is 4.55. The molecule has 0 bridgehead atoms. The second-order valence-electron chi connectivity index (χ2n) is 6.54. The second-order valence-corrected chi connectivity index (χ2v) is 9.93. The van der Waals surface area contributed by atoms with E-state index in [1.54, 1.807) is 47.3 Å². The van der Waals surface area contributed by atoms with Gasteiger partial charge >= 0.3 is 0 Å². The maximum Gasteiger partial charge on any atom is 0.175 e. The van der Waals surface area contributed by atoms with E-state index >= 15 is 0 Å². The van der Waals surface area contributed by atoms with E-state index in [0.29, 0.717) is 17.2 Å². The Bertz CT molecular complexity index is 1330. The molecule has 4 rings (SSSR count). The van der Waals surface area contributed by atoms with Crippen LogP contribution in [0.4, 0.5) is 11.5 Å². The van der Waals surface area contributed by atoms with Gasteiger partial charge in [-0.1, -0.05) is 18.2 Å². The van der Waals surface area contributed by atoms with Crippen molar-refractivity contribution in [3.05, 3.63) is 66.9 Å². The highest BCUT2D eigenvalue weighted by Crippen LogP contribution is 2.24. The van der Waals surface area contributed by atoms with Gasteiger partial charge in [-0.05, 0) is 42.5 Å². The SMILES string of the molecule is CS(=O)c1ccc(-c2cnc3ccc(Nc4cccc(S(C)(=O)=O)c4)nn23)cc1. The lowest BCUT2D eigenvalue weighted by atomic mass is 10.2. The van der Waals surface area contributed by atoms with Gasteiger partial charge in [-0.25, -0.2) is 17.9 Å². The number of rotatable bonds is 5. The summed E-state index contributed by atoms with van der Waals surface area (Å²) in [5.74, 6) is 0.550. The average Bonchev–Trinajstić information content (AvgIpc) is 3.11. The van der Waals surface area contributed by atoms with Crippen molar-refractivity contribution in [2.24, 2.45) is 0 Å². The highest BCUT2D eigenvalue weighted by atomic mass is 32.2. The normalized spacial score (nSPS) is 12.8. The van der Waals surface area contributed by atoms with E-state index in [1.807, 2.05) is 30.3 Å². The van der Waals surface area contributed by atoms with Crippen molar-refractivity contribution in [2.45, 2.75) is 9.79 Å². The fourth-order valence-corrected chi connectivity index (χ4v) is 4.09. The lowest BCUT2D eigenvalue weighted by Gasteiger charge is -2.08. The fourth-order valence-electron chi connectivity index (χ4n) is 2.91. The van der Waals surface area contributed by atoms with Gasteiger partial charge in [-0.3, -0.25) is 4.21 Å². The van der Waals surface area contributed by atoms with Crippen molar-refractivity contribution in [1.82, 2.24) is 14.6 Å². The molecule has 0 radical (unpaired) electrons. The van der Waals surface area contributed by atoms with E-state index in [9.17, 15) is 12.6 Å². The average molecular weight is 427 g/mol. The monoisotopic (exact) mass is 426 g/mol. The predicted octanol–water partition coefficient (Wildman–Crippen LogP) is 3.28. The molecule has 1 N–H and O–H groups in total. The number of benzene rings is 2.